The van der Waals surface area contributed by atoms with Crippen LogP contribution in [0.15, 0.2) is 102 Å². The summed E-state index contributed by atoms with van der Waals surface area (Å²) in [4.78, 5) is 13.5. The number of para-hydroxylation sites is 1. The number of hydrogen-bond donors (Lipinski definition) is 0. The molecule has 0 aliphatic carbocycles. The highest BCUT2D eigenvalue weighted by atomic mass is 35.5. The molecule has 0 amide bonds. The molecule has 1 aromatic heterocycles. The van der Waals surface area contributed by atoms with Crippen molar-refractivity contribution in [3.63, 3.8) is 0 Å². The van der Waals surface area contributed by atoms with Crippen molar-refractivity contribution in [3.8, 4) is 22.8 Å². The third kappa shape index (κ3) is 4.30. The van der Waals surface area contributed by atoms with Gasteiger partial charge in [0, 0.05) is 11.6 Å². The molecular weight excluding hydrogens is 456 g/mol. The summed E-state index contributed by atoms with van der Waals surface area (Å²) in [6, 6.07) is 27.1. The van der Waals surface area contributed by atoms with Gasteiger partial charge < -0.3 is 9.30 Å². The van der Waals surface area contributed by atoms with Crippen LogP contribution >= 0.6 is 11.6 Å². The fourth-order valence-corrected chi connectivity index (χ4v) is 4.15. The van der Waals surface area contributed by atoms with Crippen molar-refractivity contribution in [2.75, 3.05) is 0 Å². The topological polar surface area (TPSA) is 31.2 Å². The largest absolute Gasteiger partial charge is 0.457 e. The summed E-state index contributed by atoms with van der Waals surface area (Å²) in [5, 5.41) is 1.33. The van der Waals surface area contributed by atoms with Gasteiger partial charge in [-0.05, 0) is 65.5 Å². The molecule has 0 unspecified atom stereocenters. The number of nitrogens with zero attached hydrogens (tertiary/aromatic N) is 1. The van der Waals surface area contributed by atoms with Crippen LogP contribution in [0.3, 0.4) is 0 Å². The number of ether oxygens (including phenoxy) is 1. The third-order valence-corrected chi connectivity index (χ3v) is 5.88. The van der Waals surface area contributed by atoms with Crippen molar-refractivity contribution in [2.24, 2.45) is 0 Å². The summed E-state index contributed by atoms with van der Waals surface area (Å²) in [5.74, 6) is -0.0513. The summed E-state index contributed by atoms with van der Waals surface area (Å²) in [5.41, 5.74) is 1.16. The molecule has 0 saturated heterocycles. The molecule has 0 spiro atoms. The minimum atomic E-state index is -0.719. The molecule has 168 valence electrons. The van der Waals surface area contributed by atoms with Gasteiger partial charge in [0.2, 0.25) is 0 Å². The first kappa shape index (κ1) is 21.9. The van der Waals surface area contributed by atoms with E-state index in [9.17, 15) is 13.6 Å². The van der Waals surface area contributed by atoms with Crippen LogP contribution in [0, 0.1) is 11.6 Å². The number of benzene rings is 4. The van der Waals surface area contributed by atoms with Crippen LogP contribution in [0.25, 0.3) is 22.0 Å². The SMILES string of the molecule is O=c1c2c(Cl)cccc2cc(-c2ccc(Oc3ccccc3)cc2)n1Cc1ccc(F)cc1F. The molecule has 3 nitrogen and oxygen atoms in total. The number of fused-ring (bicyclic) bond motifs is 1. The summed E-state index contributed by atoms with van der Waals surface area (Å²) < 4.78 is 35.2. The van der Waals surface area contributed by atoms with E-state index in [1.54, 1.807) is 24.3 Å². The number of rotatable bonds is 5. The first-order valence-corrected chi connectivity index (χ1v) is 11.0. The van der Waals surface area contributed by atoms with Crippen molar-refractivity contribution in [1.82, 2.24) is 4.57 Å². The molecule has 0 N–H and O–H groups in total. The lowest BCUT2D eigenvalue weighted by Gasteiger charge is -2.16. The lowest BCUT2D eigenvalue weighted by Crippen LogP contribution is -2.23. The van der Waals surface area contributed by atoms with Crippen LogP contribution < -0.4 is 10.3 Å². The smallest absolute Gasteiger partial charge is 0.260 e. The third-order valence-electron chi connectivity index (χ3n) is 5.56. The van der Waals surface area contributed by atoms with Crippen LogP contribution in [0.4, 0.5) is 8.78 Å². The van der Waals surface area contributed by atoms with Crippen LogP contribution in [0.5, 0.6) is 11.5 Å². The quantitative estimate of drug-likeness (QED) is 0.265. The molecule has 0 aliphatic rings. The number of hydrogen-bond acceptors (Lipinski definition) is 2. The second kappa shape index (κ2) is 9.12. The van der Waals surface area contributed by atoms with Crippen molar-refractivity contribution < 1.29 is 13.5 Å². The minimum absolute atomic E-state index is 0.0797. The van der Waals surface area contributed by atoms with Crippen LogP contribution in [-0.2, 0) is 6.54 Å². The van der Waals surface area contributed by atoms with Crippen molar-refractivity contribution in [2.45, 2.75) is 6.54 Å². The van der Waals surface area contributed by atoms with E-state index in [1.807, 2.05) is 54.6 Å². The Morgan fingerprint density at radius 3 is 2.26 bits per heavy atom. The van der Waals surface area contributed by atoms with E-state index < -0.39 is 11.6 Å². The average molecular weight is 474 g/mol. The molecular formula is C28H18ClF2NO2. The van der Waals surface area contributed by atoms with E-state index in [0.717, 1.165) is 11.6 Å². The highest BCUT2D eigenvalue weighted by Gasteiger charge is 2.16. The van der Waals surface area contributed by atoms with Gasteiger partial charge in [0.05, 0.1) is 22.6 Å². The van der Waals surface area contributed by atoms with Crippen LogP contribution in [-0.4, -0.2) is 4.57 Å². The fourth-order valence-electron chi connectivity index (χ4n) is 3.89. The Labute approximate surface area is 199 Å². The van der Waals surface area contributed by atoms with Crippen molar-refractivity contribution >= 4 is 22.4 Å². The standard InChI is InChI=1S/C28H18ClF2NO2/c29-24-8-4-5-19-15-26(18-10-13-23(14-11-18)34-22-6-2-1-3-7-22)32(28(33)27(19)24)17-20-9-12-21(30)16-25(20)31/h1-16H,17H2. The van der Waals surface area contributed by atoms with E-state index >= 15 is 0 Å². The minimum Gasteiger partial charge on any atom is -0.457 e. The fraction of sp³-hybridized carbons (Fsp3) is 0.0357. The monoisotopic (exact) mass is 473 g/mol. The maximum absolute atomic E-state index is 14.5. The van der Waals surface area contributed by atoms with Crippen molar-refractivity contribution in [1.29, 1.82) is 0 Å². The van der Waals surface area contributed by atoms with Gasteiger partial charge >= 0.3 is 0 Å². The van der Waals surface area contributed by atoms with E-state index in [2.05, 4.69) is 0 Å². The number of aromatic nitrogens is 1. The van der Waals surface area contributed by atoms with Gasteiger partial charge in [-0.2, -0.15) is 0 Å². The Morgan fingerprint density at radius 2 is 1.53 bits per heavy atom. The maximum atomic E-state index is 14.5. The molecule has 0 bridgehead atoms. The summed E-state index contributed by atoms with van der Waals surface area (Å²) in [6.45, 7) is -0.0797. The normalized spacial score (nSPS) is 11.0. The highest BCUT2D eigenvalue weighted by molar-refractivity contribution is 6.35. The van der Waals surface area contributed by atoms with Gasteiger partial charge in [0.1, 0.15) is 23.1 Å². The Morgan fingerprint density at radius 1 is 0.794 bits per heavy atom. The predicted octanol–water partition coefficient (Wildman–Crippen LogP) is 7.44. The summed E-state index contributed by atoms with van der Waals surface area (Å²) >= 11 is 6.33. The van der Waals surface area contributed by atoms with E-state index in [-0.39, 0.29) is 17.7 Å². The lowest BCUT2D eigenvalue weighted by atomic mass is 10.1. The molecule has 0 atom stereocenters. The van der Waals surface area contributed by atoms with Gasteiger partial charge in [-0.1, -0.05) is 48.0 Å². The second-order valence-electron chi connectivity index (χ2n) is 7.80. The molecule has 0 saturated carbocycles. The molecule has 34 heavy (non-hydrogen) atoms. The van der Waals surface area contributed by atoms with Gasteiger partial charge in [-0.25, -0.2) is 8.78 Å². The van der Waals surface area contributed by atoms with Gasteiger partial charge in [-0.3, -0.25) is 4.79 Å². The zero-order valence-corrected chi connectivity index (χ0v) is 18.6. The van der Waals surface area contributed by atoms with Crippen LogP contribution in [0.1, 0.15) is 5.56 Å². The molecule has 0 aliphatic heterocycles. The van der Waals surface area contributed by atoms with E-state index in [1.165, 1.54) is 16.7 Å². The molecule has 6 heteroatoms. The molecule has 0 radical (unpaired) electrons. The van der Waals surface area contributed by atoms with Gasteiger partial charge in [0.25, 0.3) is 5.56 Å². The molecule has 5 rings (SSSR count). The van der Waals surface area contributed by atoms with Crippen molar-refractivity contribution in [3.05, 3.63) is 130 Å². The second-order valence-corrected chi connectivity index (χ2v) is 8.21. The van der Waals surface area contributed by atoms with Gasteiger partial charge in [-0.15, -0.1) is 0 Å². The van der Waals surface area contributed by atoms with Gasteiger partial charge in [0.15, 0.2) is 0 Å². The van der Waals surface area contributed by atoms with Crippen LogP contribution in [0.2, 0.25) is 5.02 Å². The van der Waals surface area contributed by atoms with E-state index in [4.69, 9.17) is 16.3 Å². The number of pyridine rings is 1. The lowest BCUT2D eigenvalue weighted by molar-refractivity contribution is 0.483. The predicted molar refractivity (Wildman–Crippen MR) is 131 cm³/mol. The summed E-state index contributed by atoms with van der Waals surface area (Å²) in [7, 11) is 0. The zero-order chi connectivity index (χ0) is 23.7. The zero-order valence-electron chi connectivity index (χ0n) is 17.8. The van der Waals surface area contributed by atoms with E-state index in [0.29, 0.717) is 33.0 Å². The highest BCUT2D eigenvalue weighted by Crippen LogP contribution is 2.29. The molecule has 1 heterocycles. The Bertz CT molecular complexity index is 1550. The Balaban J connectivity index is 1.62. The molecule has 0 fully saturated rings. The Hall–Kier alpha value is -3.96. The number of halogens is 3. The average Bonchev–Trinajstić information content (AvgIpc) is 2.83. The molecule has 4 aromatic carbocycles. The first-order valence-electron chi connectivity index (χ1n) is 10.6. The maximum Gasteiger partial charge on any atom is 0.260 e. The molecule has 5 aromatic rings. The summed E-state index contributed by atoms with van der Waals surface area (Å²) in [6.07, 6.45) is 0. The first-order chi connectivity index (χ1) is 16.5. The Kier molecular flexibility index (Phi) is 5.86.